The lowest BCUT2D eigenvalue weighted by molar-refractivity contribution is -0.153. The highest BCUT2D eigenvalue weighted by Gasteiger charge is 2.16. The normalized spacial score (nSPS) is 10.8. The quantitative estimate of drug-likeness (QED) is 0.421. The van der Waals surface area contributed by atoms with Crippen molar-refractivity contribution in [2.75, 3.05) is 6.61 Å². The Morgan fingerprint density at radius 3 is 2.64 bits per heavy atom. The summed E-state index contributed by atoms with van der Waals surface area (Å²) in [7, 11) is 0. The third-order valence-corrected chi connectivity index (χ3v) is 3.50. The second-order valence-corrected chi connectivity index (χ2v) is 4.98. The third kappa shape index (κ3) is 2.68. The number of esters is 1. The Balaban J connectivity index is 1.95. The fourth-order valence-electron chi connectivity index (χ4n) is 2.47. The number of aromatic nitrogens is 1. The first-order valence-electron chi connectivity index (χ1n) is 7.16. The molecule has 1 aromatic heterocycles. The van der Waals surface area contributed by atoms with Crippen LogP contribution in [0, 0.1) is 0 Å². The van der Waals surface area contributed by atoms with E-state index in [-0.39, 0.29) is 13.0 Å². The minimum Gasteiger partial charge on any atom is -0.460 e. The van der Waals surface area contributed by atoms with E-state index < -0.39 is 11.8 Å². The number of hydrogen-bond acceptors (Lipinski definition) is 4. The molecule has 3 aromatic rings. The van der Waals surface area contributed by atoms with E-state index in [1.807, 2.05) is 42.5 Å². The van der Waals surface area contributed by atoms with Gasteiger partial charge in [0, 0.05) is 11.1 Å². The lowest BCUT2D eigenvalue weighted by Crippen LogP contribution is -2.19. The van der Waals surface area contributed by atoms with Crippen LogP contribution >= 0.6 is 0 Å². The van der Waals surface area contributed by atoms with Crippen molar-refractivity contribution in [1.82, 2.24) is 4.98 Å². The van der Waals surface area contributed by atoms with Gasteiger partial charge >= 0.3 is 5.97 Å². The van der Waals surface area contributed by atoms with E-state index in [4.69, 9.17) is 4.74 Å². The first-order valence-corrected chi connectivity index (χ1v) is 7.16. The molecule has 0 fully saturated rings. The lowest BCUT2D eigenvalue weighted by Gasteiger charge is -2.05. The van der Waals surface area contributed by atoms with E-state index in [0.29, 0.717) is 5.69 Å². The smallest absolute Gasteiger partial charge is 0.375 e. The van der Waals surface area contributed by atoms with Crippen LogP contribution in [0.5, 0.6) is 0 Å². The summed E-state index contributed by atoms with van der Waals surface area (Å²) in [4.78, 5) is 27.6. The van der Waals surface area contributed by atoms with Crippen molar-refractivity contribution in [1.29, 1.82) is 0 Å². The number of ketones is 1. The molecule has 1 heterocycles. The van der Waals surface area contributed by atoms with E-state index in [1.54, 1.807) is 13.0 Å². The number of carbonyl (C=O) groups excluding carboxylic acids is 2. The maximum Gasteiger partial charge on any atom is 0.375 e. The molecule has 4 heteroatoms. The molecule has 0 bridgehead atoms. The highest BCUT2D eigenvalue weighted by molar-refractivity contribution is 6.34. The maximum atomic E-state index is 11.7. The van der Waals surface area contributed by atoms with Gasteiger partial charge in [-0.15, -0.1) is 0 Å². The molecule has 0 saturated carbocycles. The van der Waals surface area contributed by atoms with Gasteiger partial charge in [-0.1, -0.05) is 36.4 Å². The fourth-order valence-corrected chi connectivity index (χ4v) is 2.47. The largest absolute Gasteiger partial charge is 0.460 e. The van der Waals surface area contributed by atoms with Crippen LogP contribution in [0.15, 0.2) is 48.5 Å². The molecule has 4 nitrogen and oxygen atoms in total. The van der Waals surface area contributed by atoms with Crippen molar-refractivity contribution in [3.8, 4) is 0 Å². The van der Waals surface area contributed by atoms with Crippen LogP contribution in [0.1, 0.15) is 12.6 Å². The average molecular weight is 293 g/mol. The van der Waals surface area contributed by atoms with Crippen molar-refractivity contribution in [2.45, 2.75) is 13.3 Å². The Kier molecular flexibility index (Phi) is 3.83. The van der Waals surface area contributed by atoms with Crippen LogP contribution in [0.4, 0.5) is 0 Å². The molecule has 0 aliphatic rings. The molecule has 0 spiro atoms. The lowest BCUT2D eigenvalue weighted by atomic mass is 10.0. The summed E-state index contributed by atoms with van der Waals surface area (Å²) in [6.07, 6.45) is -0.0401. The van der Waals surface area contributed by atoms with E-state index in [9.17, 15) is 9.59 Å². The molecule has 3 rings (SSSR count). The molecule has 0 aliphatic carbocycles. The summed E-state index contributed by atoms with van der Waals surface area (Å²) < 4.78 is 4.70. The summed E-state index contributed by atoms with van der Waals surface area (Å²) in [5.74, 6) is -1.38. The van der Waals surface area contributed by atoms with Crippen LogP contribution < -0.4 is 0 Å². The van der Waals surface area contributed by atoms with Gasteiger partial charge in [-0.25, -0.2) is 4.79 Å². The predicted octanol–water partition coefficient (Wildman–Crippen LogP) is 3.06. The first-order chi connectivity index (χ1) is 10.7. The Morgan fingerprint density at radius 1 is 1.00 bits per heavy atom. The highest BCUT2D eigenvalue weighted by atomic mass is 16.5. The SMILES string of the molecule is CCOC(=O)C(=O)Cc1ccc2c(ccc3ccccc32)n1. The molecule has 0 radical (unpaired) electrons. The van der Waals surface area contributed by atoms with Crippen molar-refractivity contribution in [2.24, 2.45) is 0 Å². The fraction of sp³-hybridized carbons (Fsp3) is 0.167. The average Bonchev–Trinajstić information content (AvgIpc) is 2.54. The minimum atomic E-state index is -0.803. The van der Waals surface area contributed by atoms with Crippen molar-refractivity contribution in [3.05, 3.63) is 54.2 Å². The number of nitrogens with zero attached hydrogens (tertiary/aromatic N) is 1. The van der Waals surface area contributed by atoms with Crippen LogP contribution in [0.25, 0.3) is 21.7 Å². The summed E-state index contributed by atoms with van der Waals surface area (Å²) in [5, 5.41) is 3.30. The van der Waals surface area contributed by atoms with E-state index in [2.05, 4.69) is 4.98 Å². The van der Waals surface area contributed by atoms with Crippen LogP contribution in [0.3, 0.4) is 0 Å². The van der Waals surface area contributed by atoms with Gasteiger partial charge in [0.05, 0.1) is 18.5 Å². The molecule has 0 atom stereocenters. The first kappa shape index (κ1) is 14.2. The topological polar surface area (TPSA) is 56.3 Å². The zero-order valence-electron chi connectivity index (χ0n) is 12.2. The summed E-state index contributed by atoms with van der Waals surface area (Å²) in [6, 6.07) is 15.7. The van der Waals surface area contributed by atoms with Gasteiger partial charge in [-0.05, 0) is 29.8 Å². The third-order valence-electron chi connectivity index (χ3n) is 3.50. The van der Waals surface area contributed by atoms with Crippen LogP contribution in [0.2, 0.25) is 0 Å². The van der Waals surface area contributed by atoms with E-state index >= 15 is 0 Å². The minimum absolute atomic E-state index is 0.0401. The molecule has 22 heavy (non-hydrogen) atoms. The number of carbonyl (C=O) groups is 2. The summed E-state index contributed by atoms with van der Waals surface area (Å²) in [6.45, 7) is 1.87. The Labute approximate surface area is 127 Å². The molecule has 2 aromatic carbocycles. The summed E-state index contributed by atoms with van der Waals surface area (Å²) >= 11 is 0. The van der Waals surface area contributed by atoms with E-state index in [0.717, 1.165) is 21.7 Å². The predicted molar refractivity (Wildman–Crippen MR) is 84.6 cm³/mol. The highest BCUT2D eigenvalue weighted by Crippen LogP contribution is 2.24. The summed E-state index contributed by atoms with van der Waals surface area (Å²) in [5.41, 5.74) is 1.38. The molecule has 0 unspecified atom stereocenters. The van der Waals surface area contributed by atoms with Gasteiger partial charge in [0.15, 0.2) is 0 Å². The van der Waals surface area contributed by atoms with Gasteiger partial charge in [-0.2, -0.15) is 0 Å². The Bertz CT molecular complexity index is 870. The molecule has 0 saturated heterocycles. The molecular weight excluding hydrogens is 278 g/mol. The van der Waals surface area contributed by atoms with Crippen molar-refractivity contribution >= 4 is 33.4 Å². The zero-order chi connectivity index (χ0) is 15.5. The second-order valence-electron chi connectivity index (χ2n) is 4.98. The molecule has 0 aliphatic heterocycles. The number of Topliss-reactive ketones (excluding diaryl/α,β-unsaturated/α-hetero) is 1. The number of benzene rings is 2. The number of fused-ring (bicyclic) bond motifs is 3. The Hall–Kier alpha value is -2.75. The number of rotatable bonds is 4. The second kappa shape index (κ2) is 5.93. The number of hydrogen-bond donors (Lipinski definition) is 0. The van der Waals surface area contributed by atoms with Gasteiger partial charge in [-0.3, -0.25) is 9.78 Å². The van der Waals surface area contributed by atoms with Crippen LogP contribution in [-0.4, -0.2) is 23.3 Å². The zero-order valence-corrected chi connectivity index (χ0v) is 12.2. The van der Waals surface area contributed by atoms with E-state index in [1.165, 1.54) is 0 Å². The van der Waals surface area contributed by atoms with Gasteiger partial charge in [0.25, 0.3) is 0 Å². The molecule has 110 valence electrons. The molecule has 0 amide bonds. The van der Waals surface area contributed by atoms with Gasteiger partial charge in [0.1, 0.15) is 0 Å². The monoisotopic (exact) mass is 293 g/mol. The number of ether oxygens (including phenoxy) is 1. The van der Waals surface area contributed by atoms with Gasteiger partial charge < -0.3 is 4.74 Å². The molecular formula is C18H15NO3. The maximum absolute atomic E-state index is 11.7. The number of pyridine rings is 1. The van der Waals surface area contributed by atoms with Crippen molar-refractivity contribution < 1.29 is 14.3 Å². The standard InChI is InChI=1S/C18H15NO3/c1-2-22-18(21)17(20)11-13-8-9-15-14-6-4-3-5-12(14)7-10-16(15)19-13/h3-10H,2,11H2,1H3. The van der Waals surface area contributed by atoms with Crippen molar-refractivity contribution in [3.63, 3.8) is 0 Å². The Morgan fingerprint density at radius 2 is 1.82 bits per heavy atom. The van der Waals surface area contributed by atoms with Crippen LogP contribution in [-0.2, 0) is 20.7 Å². The van der Waals surface area contributed by atoms with Gasteiger partial charge in [0.2, 0.25) is 5.78 Å². The molecule has 0 N–H and O–H groups in total.